The standard InChI is InChI=1S/C14H13ClF4N2O4/c15-8-2-1-7(3-9(8)16)10(4-13(24)25)21-12(23)5-11(22)20-6-14(17,18)19/h1-3,10H,4-6H2,(H,20,22)(H,21,23)(H,24,25). The number of rotatable bonds is 7. The maximum Gasteiger partial charge on any atom is 0.405 e. The van der Waals surface area contributed by atoms with Crippen molar-refractivity contribution in [3.63, 3.8) is 0 Å². The first kappa shape index (κ1) is 20.7. The second-order valence-electron chi connectivity index (χ2n) is 4.96. The van der Waals surface area contributed by atoms with Gasteiger partial charge < -0.3 is 15.7 Å². The number of amides is 2. The summed E-state index contributed by atoms with van der Waals surface area (Å²) in [5.74, 6) is -4.36. The van der Waals surface area contributed by atoms with Crippen LogP contribution in [-0.2, 0) is 14.4 Å². The number of nitrogens with one attached hydrogen (secondary N) is 2. The average molecular weight is 385 g/mol. The summed E-state index contributed by atoms with van der Waals surface area (Å²) in [6, 6.07) is 2.17. The number of hydrogen-bond acceptors (Lipinski definition) is 3. The molecule has 11 heteroatoms. The molecule has 0 aliphatic rings. The second kappa shape index (κ2) is 8.65. The van der Waals surface area contributed by atoms with Crippen LogP contribution in [0.3, 0.4) is 0 Å². The lowest BCUT2D eigenvalue weighted by Gasteiger charge is -2.18. The molecule has 0 saturated carbocycles. The fourth-order valence-corrected chi connectivity index (χ4v) is 1.93. The first-order valence-electron chi connectivity index (χ1n) is 6.77. The minimum atomic E-state index is -4.63. The third-order valence-electron chi connectivity index (χ3n) is 2.87. The number of carbonyl (C=O) groups excluding carboxylic acids is 2. The van der Waals surface area contributed by atoms with Crippen LogP contribution in [0.25, 0.3) is 0 Å². The molecule has 2 amide bonds. The monoisotopic (exact) mass is 384 g/mol. The summed E-state index contributed by atoms with van der Waals surface area (Å²) in [5.41, 5.74) is 0.0772. The summed E-state index contributed by atoms with van der Waals surface area (Å²) >= 11 is 5.51. The van der Waals surface area contributed by atoms with E-state index in [1.165, 1.54) is 11.4 Å². The van der Waals surface area contributed by atoms with Crippen molar-refractivity contribution in [1.82, 2.24) is 10.6 Å². The van der Waals surface area contributed by atoms with Crippen molar-refractivity contribution >= 4 is 29.4 Å². The summed E-state index contributed by atoms with van der Waals surface area (Å²) in [7, 11) is 0. The van der Waals surface area contributed by atoms with Gasteiger partial charge in [-0.15, -0.1) is 0 Å². The Morgan fingerprint density at radius 3 is 2.36 bits per heavy atom. The van der Waals surface area contributed by atoms with Gasteiger partial charge in [-0.1, -0.05) is 17.7 Å². The fraction of sp³-hybridized carbons (Fsp3) is 0.357. The maximum atomic E-state index is 13.5. The van der Waals surface area contributed by atoms with E-state index in [9.17, 15) is 31.9 Å². The van der Waals surface area contributed by atoms with E-state index < -0.39 is 55.2 Å². The van der Waals surface area contributed by atoms with E-state index in [-0.39, 0.29) is 10.6 Å². The predicted molar refractivity (Wildman–Crippen MR) is 78.2 cm³/mol. The van der Waals surface area contributed by atoms with Gasteiger partial charge in [-0.2, -0.15) is 13.2 Å². The molecule has 0 heterocycles. The Morgan fingerprint density at radius 1 is 1.20 bits per heavy atom. The highest BCUT2D eigenvalue weighted by molar-refractivity contribution is 6.30. The molecule has 0 spiro atoms. The van der Waals surface area contributed by atoms with E-state index in [1.54, 1.807) is 0 Å². The Bertz CT molecular complexity index is 667. The molecular formula is C14H13ClF4N2O4. The van der Waals surface area contributed by atoms with Crippen molar-refractivity contribution in [3.05, 3.63) is 34.6 Å². The van der Waals surface area contributed by atoms with E-state index in [0.29, 0.717) is 0 Å². The highest BCUT2D eigenvalue weighted by atomic mass is 35.5. The predicted octanol–water partition coefficient (Wildman–Crippen LogP) is 2.18. The molecule has 6 nitrogen and oxygen atoms in total. The molecule has 138 valence electrons. The molecule has 3 N–H and O–H groups in total. The van der Waals surface area contributed by atoms with Crippen molar-refractivity contribution < 1.29 is 37.1 Å². The van der Waals surface area contributed by atoms with Gasteiger partial charge in [-0.25, -0.2) is 4.39 Å². The maximum absolute atomic E-state index is 13.5. The SMILES string of the molecule is O=C(O)CC(NC(=O)CC(=O)NCC(F)(F)F)c1ccc(Cl)c(F)c1. The largest absolute Gasteiger partial charge is 0.481 e. The van der Waals surface area contributed by atoms with Crippen LogP contribution in [0.5, 0.6) is 0 Å². The smallest absolute Gasteiger partial charge is 0.405 e. The minimum absolute atomic E-state index is 0.0772. The van der Waals surface area contributed by atoms with Gasteiger partial charge >= 0.3 is 12.1 Å². The Kier molecular flexibility index (Phi) is 7.16. The fourth-order valence-electron chi connectivity index (χ4n) is 1.81. The van der Waals surface area contributed by atoms with Gasteiger partial charge in [0.2, 0.25) is 11.8 Å². The van der Waals surface area contributed by atoms with Crippen LogP contribution in [0, 0.1) is 5.82 Å². The van der Waals surface area contributed by atoms with Crippen LogP contribution in [0.1, 0.15) is 24.4 Å². The van der Waals surface area contributed by atoms with Gasteiger partial charge in [0, 0.05) is 0 Å². The molecule has 0 aliphatic heterocycles. The van der Waals surface area contributed by atoms with Crippen molar-refractivity contribution in [2.75, 3.05) is 6.54 Å². The quantitative estimate of drug-likeness (QED) is 0.496. The van der Waals surface area contributed by atoms with Gasteiger partial charge in [0.05, 0.1) is 17.5 Å². The zero-order valence-corrected chi connectivity index (χ0v) is 13.2. The lowest BCUT2D eigenvalue weighted by atomic mass is 10.0. The summed E-state index contributed by atoms with van der Waals surface area (Å²) in [6.07, 6.45) is -6.20. The van der Waals surface area contributed by atoms with Gasteiger partial charge in [0.25, 0.3) is 0 Å². The number of benzene rings is 1. The van der Waals surface area contributed by atoms with Gasteiger partial charge in [0.15, 0.2) is 0 Å². The number of carboxylic acids is 1. The summed E-state index contributed by atoms with van der Waals surface area (Å²) in [4.78, 5) is 33.9. The zero-order valence-electron chi connectivity index (χ0n) is 12.5. The van der Waals surface area contributed by atoms with Crippen LogP contribution in [0.2, 0.25) is 5.02 Å². The van der Waals surface area contributed by atoms with Crippen LogP contribution in [0.4, 0.5) is 17.6 Å². The van der Waals surface area contributed by atoms with Crippen LogP contribution >= 0.6 is 11.6 Å². The highest BCUT2D eigenvalue weighted by Crippen LogP contribution is 2.22. The summed E-state index contributed by atoms with van der Waals surface area (Å²) in [6.45, 7) is -1.60. The van der Waals surface area contributed by atoms with Crippen molar-refractivity contribution in [2.45, 2.75) is 25.1 Å². The molecule has 1 unspecified atom stereocenters. The lowest BCUT2D eigenvalue weighted by Crippen LogP contribution is -2.38. The first-order chi connectivity index (χ1) is 11.5. The Morgan fingerprint density at radius 2 is 1.84 bits per heavy atom. The normalized spacial score (nSPS) is 12.4. The van der Waals surface area contributed by atoms with Crippen molar-refractivity contribution in [1.29, 1.82) is 0 Å². The third-order valence-corrected chi connectivity index (χ3v) is 3.17. The molecule has 0 aromatic heterocycles. The Labute approximate surface area is 144 Å². The number of alkyl halides is 3. The van der Waals surface area contributed by atoms with Gasteiger partial charge in [-0.3, -0.25) is 14.4 Å². The van der Waals surface area contributed by atoms with E-state index in [2.05, 4.69) is 5.32 Å². The van der Waals surface area contributed by atoms with Crippen LogP contribution < -0.4 is 10.6 Å². The number of hydrogen-bond donors (Lipinski definition) is 3. The molecule has 1 aromatic carbocycles. The molecular weight excluding hydrogens is 372 g/mol. The van der Waals surface area contributed by atoms with Crippen molar-refractivity contribution in [2.24, 2.45) is 0 Å². The van der Waals surface area contributed by atoms with E-state index in [1.807, 2.05) is 0 Å². The van der Waals surface area contributed by atoms with Gasteiger partial charge in [0.1, 0.15) is 18.8 Å². The molecule has 0 saturated heterocycles. The third kappa shape index (κ3) is 7.84. The number of carbonyl (C=O) groups is 3. The van der Waals surface area contributed by atoms with Crippen LogP contribution in [-0.4, -0.2) is 35.6 Å². The van der Waals surface area contributed by atoms with Crippen molar-refractivity contribution in [3.8, 4) is 0 Å². The first-order valence-corrected chi connectivity index (χ1v) is 7.15. The summed E-state index contributed by atoms with van der Waals surface area (Å²) in [5, 5.41) is 12.3. The summed E-state index contributed by atoms with van der Waals surface area (Å²) < 4.78 is 49.4. The molecule has 0 bridgehead atoms. The van der Waals surface area contributed by atoms with E-state index >= 15 is 0 Å². The second-order valence-corrected chi connectivity index (χ2v) is 5.37. The lowest BCUT2D eigenvalue weighted by molar-refractivity contribution is -0.141. The number of halogens is 5. The topological polar surface area (TPSA) is 95.5 Å². The van der Waals surface area contributed by atoms with E-state index in [0.717, 1.165) is 12.1 Å². The van der Waals surface area contributed by atoms with Gasteiger partial charge in [-0.05, 0) is 17.7 Å². The molecule has 1 aromatic rings. The van der Waals surface area contributed by atoms with E-state index in [4.69, 9.17) is 16.7 Å². The average Bonchev–Trinajstić information content (AvgIpc) is 2.46. The Hall–Kier alpha value is -2.36. The number of aliphatic carboxylic acids is 1. The number of carboxylic acid groups (broad SMARTS) is 1. The molecule has 1 atom stereocenters. The molecule has 0 fully saturated rings. The minimum Gasteiger partial charge on any atom is -0.481 e. The Balaban J connectivity index is 2.74. The molecule has 0 radical (unpaired) electrons. The molecule has 1 rings (SSSR count). The highest BCUT2D eigenvalue weighted by Gasteiger charge is 2.28. The van der Waals surface area contributed by atoms with Crippen LogP contribution in [0.15, 0.2) is 18.2 Å². The molecule has 25 heavy (non-hydrogen) atoms. The molecule has 0 aliphatic carbocycles. The zero-order chi connectivity index (χ0) is 19.2.